The Kier molecular flexibility index (Phi) is 4.88. The first-order chi connectivity index (χ1) is 8.77. The average molecular weight is 279 g/mol. The highest BCUT2D eigenvalue weighted by molar-refractivity contribution is 5.70. The van der Waals surface area contributed by atoms with Crippen LogP contribution >= 0.6 is 0 Å². The van der Waals surface area contributed by atoms with Gasteiger partial charge in [-0.05, 0) is 13.0 Å². The molecule has 106 valence electrons. The second kappa shape index (κ2) is 6.01. The number of ether oxygens (including phenoxy) is 1. The first-order valence-corrected chi connectivity index (χ1v) is 5.54. The molecule has 1 aromatic carbocycles. The van der Waals surface area contributed by atoms with E-state index in [1.807, 2.05) is 0 Å². The van der Waals surface area contributed by atoms with E-state index in [9.17, 15) is 22.4 Å². The minimum atomic E-state index is -4.80. The molecule has 0 aliphatic carbocycles. The number of rotatable bonds is 4. The lowest BCUT2D eigenvalue weighted by atomic mass is 10.0. The van der Waals surface area contributed by atoms with Crippen LogP contribution in [0.3, 0.4) is 0 Å². The van der Waals surface area contributed by atoms with Crippen LogP contribution in [-0.4, -0.2) is 12.6 Å². The Balaban J connectivity index is 2.98. The number of hydrogen-bond acceptors (Lipinski definition) is 3. The summed E-state index contributed by atoms with van der Waals surface area (Å²) in [5.74, 6) is -2.14. The van der Waals surface area contributed by atoms with E-state index in [1.54, 1.807) is 6.92 Å². The highest BCUT2D eigenvalue weighted by Crippen LogP contribution is 2.33. The fourth-order valence-electron chi connectivity index (χ4n) is 1.56. The Labute approximate surface area is 107 Å². The molecule has 0 aliphatic rings. The number of esters is 1. The minimum absolute atomic E-state index is 0.122. The van der Waals surface area contributed by atoms with Crippen LogP contribution in [0.15, 0.2) is 18.2 Å². The summed E-state index contributed by atoms with van der Waals surface area (Å²) in [5, 5.41) is 0. The van der Waals surface area contributed by atoms with E-state index in [0.29, 0.717) is 6.07 Å². The molecule has 3 nitrogen and oxygen atoms in total. The van der Waals surface area contributed by atoms with Crippen LogP contribution in [0.2, 0.25) is 0 Å². The van der Waals surface area contributed by atoms with Crippen LogP contribution in [0.25, 0.3) is 0 Å². The van der Waals surface area contributed by atoms with E-state index < -0.39 is 29.6 Å². The van der Waals surface area contributed by atoms with E-state index in [-0.39, 0.29) is 18.6 Å². The van der Waals surface area contributed by atoms with E-state index in [2.05, 4.69) is 4.74 Å². The summed E-state index contributed by atoms with van der Waals surface area (Å²) < 4.78 is 55.8. The number of hydrogen-bond donors (Lipinski definition) is 1. The molecule has 2 N–H and O–H groups in total. The molecule has 0 saturated carbocycles. The van der Waals surface area contributed by atoms with Gasteiger partial charge >= 0.3 is 12.1 Å². The van der Waals surface area contributed by atoms with Crippen molar-refractivity contribution in [2.24, 2.45) is 5.73 Å². The van der Waals surface area contributed by atoms with Crippen molar-refractivity contribution in [2.75, 3.05) is 6.61 Å². The third kappa shape index (κ3) is 3.92. The van der Waals surface area contributed by atoms with Gasteiger partial charge in [-0.2, -0.15) is 13.2 Å². The monoisotopic (exact) mass is 279 g/mol. The van der Waals surface area contributed by atoms with Gasteiger partial charge in [0.2, 0.25) is 0 Å². The van der Waals surface area contributed by atoms with Gasteiger partial charge < -0.3 is 10.5 Å². The second-order valence-corrected chi connectivity index (χ2v) is 3.82. The summed E-state index contributed by atoms with van der Waals surface area (Å²) >= 11 is 0. The number of carbonyl (C=O) groups excluding carboxylic acids is 1. The van der Waals surface area contributed by atoms with Gasteiger partial charge in [-0.25, -0.2) is 4.39 Å². The summed E-state index contributed by atoms with van der Waals surface area (Å²) in [5.41, 5.74) is 3.77. The molecule has 0 bridgehead atoms. The summed E-state index contributed by atoms with van der Waals surface area (Å²) in [6.45, 7) is 1.70. The Morgan fingerprint density at radius 1 is 1.42 bits per heavy atom. The zero-order valence-corrected chi connectivity index (χ0v) is 10.1. The Bertz CT molecular complexity index is 460. The van der Waals surface area contributed by atoms with E-state index in [0.717, 1.165) is 12.1 Å². The van der Waals surface area contributed by atoms with Crippen molar-refractivity contribution in [2.45, 2.75) is 25.6 Å². The molecule has 0 saturated heterocycles. The topological polar surface area (TPSA) is 52.3 Å². The van der Waals surface area contributed by atoms with Gasteiger partial charge in [0.15, 0.2) is 0 Å². The number of alkyl halides is 3. The molecule has 19 heavy (non-hydrogen) atoms. The van der Waals surface area contributed by atoms with Gasteiger partial charge in [-0.15, -0.1) is 0 Å². The second-order valence-electron chi connectivity index (χ2n) is 3.82. The molecular formula is C12H13F4NO2. The van der Waals surface area contributed by atoms with Crippen LogP contribution in [-0.2, 0) is 15.7 Å². The highest BCUT2D eigenvalue weighted by atomic mass is 19.4. The number of halogens is 4. The lowest BCUT2D eigenvalue weighted by molar-refractivity contribution is -0.143. The molecule has 1 rings (SSSR count). The SMILES string of the molecule is CCOC(=O)C[C@H](N)c1cccc(C(F)(F)F)c1F. The van der Waals surface area contributed by atoms with Crippen LogP contribution in [0.4, 0.5) is 17.6 Å². The van der Waals surface area contributed by atoms with Gasteiger partial charge in [0, 0.05) is 11.6 Å². The van der Waals surface area contributed by atoms with Gasteiger partial charge in [-0.3, -0.25) is 4.79 Å². The predicted molar refractivity (Wildman–Crippen MR) is 59.6 cm³/mol. The van der Waals surface area contributed by atoms with Crippen LogP contribution in [0.1, 0.15) is 30.5 Å². The molecule has 0 heterocycles. The predicted octanol–water partition coefficient (Wildman–Crippen LogP) is 2.80. The molecule has 1 aromatic rings. The van der Waals surface area contributed by atoms with Crippen molar-refractivity contribution in [1.29, 1.82) is 0 Å². The van der Waals surface area contributed by atoms with Crippen LogP contribution in [0, 0.1) is 5.82 Å². The minimum Gasteiger partial charge on any atom is -0.466 e. The normalized spacial score (nSPS) is 13.2. The zero-order valence-electron chi connectivity index (χ0n) is 10.1. The molecule has 0 unspecified atom stereocenters. The maximum absolute atomic E-state index is 13.7. The Morgan fingerprint density at radius 2 is 2.05 bits per heavy atom. The van der Waals surface area contributed by atoms with Crippen molar-refractivity contribution >= 4 is 5.97 Å². The molecule has 7 heteroatoms. The molecule has 1 atom stereocenters. The van der Waals surface area contributed by atoms with Crippen LogP contribution < -0.4 is 5.73 Å². The highest BCUT2D eigenvalue weighted by Gasteiger charge is 2.35. The first kappa shape index (κ1) is 15.4. The molecule has 0 aliphatic heterocycles. The smallest absolute Gasteiger partial charge is 0.419 e. The summed E-state index contributed by atoms with van der Waals surface area (Å²) in [7, 11) is 0. The van der Waals surface area contributed by atoms with Crippen molar-refractivity contribution in [3.8, 4) is 0 Å². The maximum Gasteiger partial charge on any atom is 0.419 e. The Morgan fingerprint density at radius 3 is 2.58 bits per heavy atom. The van der Waals surface area contributed by atoms with Crippen molar-refractivity contribution < 1.29 is 27.1 Å². The van der Waals surface area contributed by atoms with E-state index in [4.69, 9.17) is 5.73 Å². The average Bonchev–Trinajstić information content (AvgIpc) is 2.27. The standard InChI is InChI=1S/C12H13F4NO2/c1-2-19-10(18)6-9(17)7-4-3-5-8(11(7)13)12(14,15)16/h3-5,9H,2,6,17H2,1H3/t9-/m0/s1. The number of nitrogens with two attached hydrogens (primary N) is 1. The van der Waals surface area contributed by atoms with Crippen molar-refractivity contribution in [3.63, 3.8) is 0 Å². The van der Waals surface area contributed by atoms with Gasteiger partial charge in [-0.1, -0.05) is 12.1 Å². The third-order valence-electron chi connectivity index (χ3n) is 2.43. The molecule has 0 radical (unpaired) electrons. The van der Waals surface area contributed by atoms with Crippen LogP contribution in [0.5, 0.6) is 0 Å². The fourth-order valence-corrected chi connectivity index (χ4v) is 1.56. The molecular weight excluding hydrogens is 266 g/mol. The summed E-state index contributed by atoms with van der Waals surface area (Å²) in [6.07, 6.45) is -5.18. The maximum atomic E-state index is 13.7. The van der Waals surface area contributed by atoms with E-state index >= 15 is 0 Å². The van der Waals surface area contributed by atoms with Crippen molar-refractivity contribution in [1.82, 2.24) is 0 Å². The molecule has 0 spiro atoms. The summed E-state index contributed by atoms with van der Waals surface area (Å²) in [4.78, 5) is 11.2. The molecule has 0 amide bonds. The fraction of sp³-hybridized carbons (Fsp3) is 0.417. The van der Waals surface area contributed by atoms with Gasteiger partial charge in [0.25, 0.3) is 0 Å². The first-order valence-electron chi connectivity index (χ1n) is 5.54. The largest absolute Gasteiger partial charge is 0.466 e. The van der Waals surface area contributed by atoms with Crippen molar-refractivity contribution in [3.05, 3.63) is 35.1 Å². The van der Waals surface area contributed by atoms with Gasteiger partial charge in [0.1, 0.15) is 5.82 Å². The van der Waals surface area contributed by atoms with E-state index in [1.165, 1.54) is 0 Å². The molecule has 0 aromatic heterocycles. The quantitative estimate of drug-likeness (QED) is 0.681. The lowest BCUT2D eigenvalue weighted by Gasteiger charge is -2.15. The lowest BCUT2D eigenvalue weighted by Crippen LogP contribution is -2.20. The Hall–Kier alpha value is -1.63. The number of benzene rings is 1. The summed E-state index contributed by atoms with van der Waals surface area (Å²) in [6, 6.07) is 1.61. The molecule has 0 fully saturated rings. The zero-order chi connectivity index (χ0) is 14.6. The third-order valence-corrected chi connectivity index (χ3v) is 2.43. The van der Waals surface area contributed by atoms with Gasteiger partial charge in [0.05, 0.1) is 18.6 Å². The number of carbonyl (C=O) groups is 1.